The molecule has 0 bridgehead atoms. The highest BCUT2D eigenvalue weighted by molar-refractivity contribution is 7.92. The van der Waals surface area contributed by atoms with Crippen molar-refractivity contribution in [2.24, 2.45) is 11.7 Å². The van der Waals surface area contributed by atoms with Crippen molar-refractivity contribution in [3.8, 4) is 0 Å². The minimum Gasteiger partial charge on any atom is -0.480 e. The molecule has 0 rings (SSSR count). The molecule has 0 heterocycles. The van der Waals surface area contributed by atoms with Crippen molar-refractivity contribution in [3.63, 3.8) is 0 Å². The summed E-state index contributed by atoms with van der Waals surface area (Å²) >= 11 is 0. The highest BCUT2D eigenvalue weighted by Crippen LogP contribution is 2.11. The van der Waals surface area contributed by atoms with Crippen LogP contribution in [-0.2, 0) is 14.6 Å². The number of nitrogens with two attached hydrogens (primary N) is 1. The predicted molar refractivity (Wildman–Crippen MR) is 58.3 cm³/mol. The first kappa shape index (κ1) is 14.4. The number of rotatable bonds is 7. The van der Waals surface area contributed by atoms with E-state index in [-0.39, 0.29) is 24.6 Å². The van der Waals surface area contributed by atoms with Crippen LogP contribution in [0.4, 0.5) is 0 Å². The minimum absolute atomic E-state index is 0.0181. The van der Waals surface area contributed by atoms with Gasteiger partial charge in [-0.1, -0.05) is 13.8 Å². The highest BCUT2D eigenvalue weighted by atomic mass is 32.2. The zero-order valence-corrected chi connectivity index (χ0v) is 9.96. The summed E-state index contributed by atoms with van der Waals surface area (Å²) in [6.45, 7) is 3.86. The fraction of sp³-hybridized carbons (Fsp3) is 0.889. The SMILES string of the molecule is CC(C)CCS(=O)(=O)C(CCN)C(=O)O. The van der Waals surface area contributed by atoms with Crippen LogP contribution in [0, 0.1) is 5.92 Å². The number of sulfone groups is 1. The summed E-state index contributed by atoms with van der Waals surface area (Å²) in [6.07, 6.45) is 0.465. The van der Waals surface area contributed by atoms with Crippen LogP contribution >= 0.6 is 0 Å². The Hall–Kier alpha value is -0.620. The number of hydrogen-bond donors (Lipinski definition) is 2. The molecule has 6 heteroatoms. The standard InChI is InChI=1S/C9H19NO4S/c1-7(2)4-6-15(13,14)8(3-5-10)9(11)12/h7-8H,3-6,10H2,1-2H3,(H,11,12). The average Bonchev–Trinajstić information content (AvgIpc) is 2.10. The lowest BCUT2D eigenvalue weighted by Gasteiger charge is -2.13. The van der Waals surface area contributed by atoms with Gasteiger partial charge in [-0.25, -0.2) is 8.42 Å². The van der Waals surface area contributed by atoms with Crippen molar-refractivity contribution in [1.82, 2.24) is 0 Å². The van der Waals surface area contributed by atoms with Crippen LogP contribution < -0.4 is 5.73 Å². The minimum atomic E-state index is -3.56. The molecule has 5 nitrogen and oxygen atoms in total. The monoisotopic (exact) mass is 237 g/mol. The van der Waals surface area contributed by atoms with E-state index in [1.54, 1.807) is 0 Å². The molecule has 3 N–H and O–H groups in total. The third-order valence-electron chi connectivity index (χ3n) is 2.12. The lowest BCUT2D eigenvalue weighted by atomic mass is 10.2. The predicted octanol–water partition coefficient (Wildman–Crippen LogP) is 0.249. The van der Waals surface area contributed by atoms with Gasteiger partial charge in [-0.2, -0.15) is 0 Å². The van der Waals surface area contributed by atoms with Crippen LogP contribution in [-0.4, -0.2) is 37.0 Å². The quantitative estimate of drug-likeness (QED) is 0.661. The Morgan fingerprint density at radius 2 is 1.87 bits per heavy atom. The van der Waals surface area contributed by atoms with Crippen LogP contribution in [0.25, 0.3) is 0 Å². The Morgan fingerprint density at radius 3 is 2.20 bits per heavy atom. The van der Waals surface area contributed by atoms with Gasteiger partial charge in [0, 0.05) is 0 Å². The molecule has 90 valence electrons. The number of carboxylic acids is 1. The summed E-state index contributed by atoms with van der Waals surface area (Å²) < 4.78 is 23.3. The fourth-order valence-corrected chi connectivity index (χ4v) is 3.04. The van der Waals surface area contributed by atoms with E-state index >= 15 is 0 Å². The van der Waals surface area contributed by atoms with Gasteiger partial charge < -0.3 is 10.8 Å². The Kier molecular flexibility index (Phi) is 5.82. The van der Waals surface area contributed by atoms with Crippen molar-refractivity contribution >= 4 is 15.8 Å². The first-order valence-electron chi connectivity index (χ1n) is 4.95. The van der Waals surface area contributed by atoms with Crippen LogP contribution in [0.2, 0.25) is 0 Å². The Bertz CT molecular complexity index is 297. The maximum atomic E-state index is 11.6. The summed E-state index contributed by atoms with van der Waals surface area (Å²) in [5, 5.41) is 7.42. The molecular weight excluding hydrogens is 218 g/mol. The summed E-state index contributed by atoms with van der Waals surface area (Å²) in [7, 11) is -3.56. The molecule has 0 aromatic carbocycles. The van der Waals surface area contributed by atoms with E-state index in [4.69, 9.17) is 10.8 Å². The van der Waals surface area contributed by atoms with Gasteiger partial charge in [-0.3, -0.25) is 4.79 Å². The molecule has 0 aliphatic carbocycles. The topological polar surface area (TPSA) is 97.5 Å². The second-order valence-corrected chi connectivity index (χ2v) is 6.26. The number of carboxylic acid groups (broad SMARTS) is 1. The Morgan fingerprint density at radius 1 is 1.33 bits per heavy atom. The second kappa shape index (κ2) is 6.07. The third-order valence-corrected chi connectivity index (χ3v) is 4.23. The third kappa shape index (κ3) is 5.13. The molecule has 15 heavy (non-hydrogen) atoms. The molecular formula is C9H19NO4S. The van der Waals surface area contributed by atoms with Crippen molar-refractivity contribution < 1.29 is 18.3 Å². The lowest BCUT2D eigenvalue weighted by Crippen LogP contribution is -2.34. The molecule has 0 fully saturated rings. The molecule has 0 saturated heterocycles. The summed E-state index contributed by atoms with van der Waals surface area (Å²) in [5.74, 6) is -1.14. The molecule has 0 aromatic heterocycles. The van der Waals surface area contributed by atoms with Crippen molar-refractivity contribution in [2.45, 2.75) is 31.9 Å². The van der Waals surface area contributed by atoms with Crippen molar-refractivity contribution in [3.05, 3.63) is 0 Å². The maximum Gasteiger partial charge on any atom is 0.321 e. The first-order valence-corrected chi connectivity index (χ1v) is 6.67. The molecule has 0 spiro atoms. The molecule has 1 unspecified atom stereocenters. The summed E-state index contributed by atoms with van der Waals surface area (Å²) in [5.41, 5.74) is 5.19. The van der Waals surface area contributed by atoms with E-state index in [0.717, 1.165) is 0 Å². The van der Waals surface area contributed by atoms with Crippen LogP contribution in [0.1, 0.15) is 26.7 Å². The molecule has 0 aliphatic rings. The molecule has 0 amide bonds. The van der Waals surface area contributed by atoms with Gasteiger partial charge in [0.05, 0.1) is 5.75 Å². The largest absolute Gasteiger partial charge is 0.480 e. The Labute approximate surface area is 90.6 Å². The molecule has 0 saturated carbocycles. The normalized spacial score (nSPS) is 14.1. The highest BCUT2D eigenvalue weighted by Gasteiger charge is 2.31. The number of aliphatic carboxylic acids is 1. The summed E-state index contributed by atoms with van der Waals surface area (Å²) in [6, 6.07) is 0. The van der Waals surface area contributed by atoms with Gasteiger partial charge >= 0.3 is 5.97 Å². The van der Waals surface area contributed by atoms with E-state index in [9.17, 15) is 13.2 Å². The van der Waals surface area contributed by atoms with Gasteiger partial charge in [-0.05, 0) is 25.3 Å². The Balaban J connectivity index is 4.58. The van der Waals surface area contributed by atoms with Crippen LogP contribution in [0.15, 0.2) is 0 Å². The van der Waals surface area contributed by atoms with E-state index in [2.05, 4.69) is 0 Å². The lowest BCUT2D eigenvalue weighted by molar-refractivity contribution is -0.136. The first-order chi connectivity index (χ1) is 6.81. The molecule has 0 aliphatic heterocycles. The van der Waals surface area contributed by atoms with Gasteiger partial charge in [0.25, 0.3) is 0 Å². The molecule has 0 aromatic rings. The van der Waals surface area contributed by atoms with Crippen molar-refractivity contribution in [2.75, 3.05) is 12.3 Å². The van der Waals surface area contributed by atoms with Crippen molar-refractivity contribution in [1.29, 1.82) is 0 Å². The zero-order valence-electron chi connectivity index (χ0n) is 9.14. The van der Waals surface area contributed by atoms with E-state index in [1.807, 2.05) is 13.8 Å². The summed E-state index contributed by atoms with van der Waals surface area (Å²) in [4.78, 5) is 10.7. The van der Waals surface area contributed by atoms with E-state index < -0.39 is 21.1 Å². The fourth-order valence-electron chi connectivity index (χ4n) is 1.15. The van der Waals surface area contributed by atoms with E-state index in [1.165, 1.54) is 0 Å². The number of carbonyl (C=O) groups is 1. The molecule has 1 atom stereocenters. The van der Waals surface area contributed by atoms with Gasteiger partial charge in [0.1, 0.15) is 0 Å². The molecule has 0 radical (unpaired) electrons. The van der Waals surface area contributed by atoms with Crippen LogP contribution in [0.3, 0.4) is 0 Å². The van der Waals surface area contributed by atoms with Gasteiger partial charge in [0.15, 0.2) is 15.1 Å². The second-order valence-electron chi connectivity index (χ2n) is 3.95. The van der Waals surface area contributed by atoms with E-state index in [0.29, 0.717) is 6.42 Å². The number of hydrogen-bond acceptors (Lipinski definition) is 4. The maximum absolute atomic E-state index is 11.6. The van der Waals surface area contributed by atoms with Gasteiger partial charge in [-0.15, -0.1) is 0 Å². The zero-order chi connectivity index (χ0) is 12.1. The van der Waals surface area contributed by atoms with Gasteiger partial charge in [0.2, 0.25) is 0 Å². The smallest absolute Gasteiger partial charge is 0.321 e. The average molecular weight is 237 g/mol. The van der Waals surface area contributed by atoms with Crippen LogP contribution in [0.5, 0.6) is 0 Å².